The minimum absolute atomic E-state index is 0.124. The zero-order valence-corrected chi connectivity index (χ0v) is 24.3. The third-order valence-electron chi connectivity index (χ3n) is 7.74. The van der Waals surface area contributed by atoms with Crippen molar-refractivity contribution < 1.29 is 14.7 Å². The van der Waals surface area contributed by atoms with E-state index in [2.05, 4.69) is 21.8 Å². The normalized spacial score (nSPS) is 18.6. The number of aromatic nitrogens is 3. The molecule has 0 saturated carbocycles. The van der Waals surface area contributed by atoms with Gasteiger partial charge in [-0.25, -0.2) is 15.0 Å². The third kappa shape index (κ3) is 6.27. The van der Waals surface area contributed by atoms with Gasteiger partial charge >= 0.3 is 5.97 Å². The summed E-state index contributed by atoms with van der Waals surface area (Å²) in [6, 6.07) is 4.28. The van der Waals surface area contributed by atoms with Crippen LogP contribution < -0.4 is 4.90 Å². The number of rotatable bonds is 8. The van der Waals surface area contributed by atoms with Crippen LogP contribution in [0.4, 0.5) is 5.82 Å². The Labute approximate surface area is 242 Å². The van der Waals surface area contributed by atoms with E-state index in [0.717, 1.165) is 34.8 Å². The fraction of sp³-hybridized carbons (Fsp3) is 0.464. The third-order valence-corrected chi connectivity index (χ3v) is 9.56. The molecule has 5 rings (SSSR count). The molecule has 8 nitrogen and oxygen atoms in total. The van der Waals surface area contributed by atoms with Crippen LogP contribution in [0.2, 0.25) is 10.0 Å². The summed E-state index contributed by atoms with van der Waals surface area (Å²) in [6.45, 7) is 7.14. The second-order valence-corrected chi connectivity index (χ2v) is 12.3. The number of ketones is 1. The Hall–Kier alpha value is -2.59. The fourth-order valence-electron chi connectivity index (χ4n) is 5.21. The number of carboxylic acid groups (broad SMARTS) is 1. The Bertz CT molecular complexity index is 1350. The number of piperidine rings is 1. The fourth-order valence-corrected chi connectivity index (χ4v) is 6.82. The molecule has 2 aromatic heterocycles. The number of hydrogen-bond acceptors (Lipinski definition) is 8. The Kier molecular flexibility index (Phi) is 8.52. The lowest BCUT2D eigenvalue weighted by Crippen LogP contribution is -2.36. The van der Waals surface area contributed by atoms with E-state index in [0.29, 0.717) is 52.8 Å². The van der Waals surface area contributed by atoms with Gasteiger partial charge in [0.25, 0.3) is 0 Å². The molecule has 0 aliphatic carbocycles. The lowest BCUT2D eigenvalue weighted by atomic mass is 9.97. The van der Waals surface area contributed by atoms with Gasteiger partial charge < -0.3 is 10.0 Å². The largest absolute Gasteiger partial charge is 0.481 e. The number of carbonyl (C=O) groups is 2. The average Bonchev–Trinajstić information content (AvgIpc) is 3.52. The minimum atomic E-state index is -0.751. The predicted molar refractivity (Wildman–Crippen MR) is 154 cm³/mol. The van der Waals surface area contributed by atoms with Crippen molar-refractivity contribution in [1.82, 2.24) is 19.9 Å². The van der Waals surface area contributed by atoms with Crippen molar-refractivity contribution in [2.75, 3.05) is 24.5 Å². The van der Waals surface area contributed by atoms with Gasteiger partial charge in [-0.3, -0.25) is 14.5 Å². The van der Waals surface area contributed by atoms with E-state index in [9.17, 15) is 14.7 Å². The van der Waals surface area contributed by atoms with E-state index < -0.39 is 5.97 Å². The van der Waals surface area contributed by atoms with Gasteiger partial charge in [-0.15, -0.1) is 11.3 Å². The maximum atomic E-state index is 13.2. The van der Waals surface area contributed by atoms with E-state index in [1.54, 1.807) is 17.5 Å². The van der Waals surface area contributed by atoms with Crippen molar-refractivity contribution >= 4 is 52.1 Å². The number of benzene rings is 1. The van der Waals surface area contributed by atoms with Crippen molar-refractivity contribution in [3.8, 4) is 11.3 Å². The number of thiazole rings is 1. The van der Waals surface area contributed by atoms with E-state index >= 15 is 0 Å². The molecule has 0 radical (unpaired) electrons. The van der Waals surface area contributed by atoms with Crippen LogP contribution in [-0.2, 0) is 17.8 Å². The summed E-state index contributed by atoms with van der Waals surface area (Å²) in [4.78, 5) is 43.6. The number of halogens is 2. The van der Waals surface area contributed by atoms with Gasteiger partial charge in [0.05, 0.1) is 30.4 Å². The molecule has 0 bridgehead atoms. The van der Waals surface area contributed by atoms with Gasteiger partial charge in [-0.1, -0.05) is 23.2 Å². The van der Waals surface area contributed by atoms with Crippen LogP contribution in [0.15, 0.2) is 24.5 Å². The van der Waals surface area contributed by atoms with Crippen molar-refractivity contribution in [2.45, 2.75) is 58.5 Å². The summed E-state index contributed by atoms with van der Waals surface area (Å²) in [5.74, 6) is -0.565. The molecule has 2 aliphatic rings. The van der Waals surface area contributed by atoms with Crippen molar-refractivity contribution in [1.29, 1.82) is 0 Å². The molecule has 0 spiro atoms. The topological polar surface area (TPSA) is 99.5 Å². The average molecular weight is 589 g/mol. The predicted octanol–water partition coefficient (Wildman–Crippen LogP) is 5.93. The highest BCUT2D eigenvalue weighted by atomic mass is 35.5. The summed E-state index contributed by atoms with van der Waals surface area (Å²) in [6.07, 6.45) is 6.71. The highest BCUT2D eigenvalue weighted by molar-refractivity contribution is 7.12. The molecule has 1 aromatic carbocycles. The highest BCUT2D eigenvalue weighted by Gasteiger charge is 2.27. The lowest BCUT2D eigenvalue weighted by molar-refractivity contribution is -0.142. The number of Topliss-reactive ketones (excluding diaryl/α,β-unsaturated/α-hetero) is 1. The molecular formula is C28H31Cl2N5O3S. The lowest BCUT2D eigenvalue weighted by Gasteiger charge is -2.30. The van der Waals surface area contributed by atoms with Gasteiger partial charge in [-0.05, 0) is 63.8 Å². The first-order valence-electron chi connectivity index (χ1n) is 13.2. The number of nitrogens with zero attached hydrogens (tertiary/aromatic N) is 5. The van der Waals surface area contributed by atoms with Gasteiger partial charge in [-0.2, -0.15) is 0 Å². The molecule has 2 fully saturated rings. The van der Waals surface area contributed by atoms with Crippen LogP contribution in [0, 0.1) is 12.8 Å². The number of likely N-dealkylation sites (tertiary alicyclic amines) is 1. The molecule has 39 heavy (non-hydrogen) atoms. The van der Waals surface area contributed by atoms with E-state index in [1.807, 2.05) is 24.0 Å². The summed E-state index contributed by atoms with van der Waals surface area (Å²) in [5, 5.41) is 11.1. The molecule has 2 aliphatic heterocycles. The highest BCUT2D eigenvalue weighted by Crippen LogP contribution is 2.36. The monoisotopic (exact) mass is 587 g/mol. The molecule has 1 atom stereocenters. The first kappa shape index (κ1) is 28.0. The van der Waals surface area contributed by atoms with Crippen LogP contribution in [0.5, 0.6) is 0 Å². The Morgan fingerprint density at radius 1 is 1.08 bits per heavy atom. The van der Waals surface area contributed by atoms with Crippen LogP contribution >= 0.6 is 34.5 Å². The number of carbonyl (C=O) groups excluding carboxylic acids is 1. The van der Waals surface area contributed by atoms with Crippen LogP contribution in [0.3, 0.4) is 0 Å². The van der Waals surface area contributed by atoms with Crippen molar-refractivity contribution in [2.24, 2.45) is 5.92 Å². The Balaban J connectivity index is 1.34. The van der Waals surface area contributed by atoms with Gasteiger partial charge in [0, 0.05) is 46.2 Å². The molecular weight excluding hydrogens is 557 g/mol. The van der Waals surface area contributed by atoms with E-state index in [-0.39, 0.29) is 23.8 Å². The number of anilines is 1. The maximum Gasteiger partial charge on any atom is 0.306 e. The molecule has 0 unspecified atom stereocenters. The first-order chi connectivity index (χ1) is 18.7. The van der Waals surface area contributed by atoms with Crippen molar-refractivity contribution in [3.05, 3.63) is 55.7 Å². The molecule has 3 aromatic rings. The number of hydrogen-bond donors (Lipinski definition) is 1. The Morgan fingerprint density at radius 2 is 1.79 bits per heavy atom. The van der Waals surface area contributed by atoms with E-state index in [4.69, 9.17) is 28.2 Å². The van der Waals surface area contributed by atoms with Crippen LogP contribution in [0.1, 0.15) is 58.5 Å². The molecule has 206 valence electrons. The zero-order chi connectivity index (χ0) is 27.7. The standard InChI is InChI=1S/C28H31Cl2N5O3S/c1-16-4-3-7-35(16)15-24-27(19-10-20(29)17(2)21(30)11-19)33-26(39-24)12-23(36)22-13-32-25(14-31-22)34-8-5-18(6-9-34)28(37)38/h10-11,13-14,16,18H,3-9,12,15H2,1-2H3,(H,37,38)/t16-/m1/s1. The van der Waals surface area contributed by atoms with Crippen LogP contribution in [-0.4, -0.2) is 62.4 Å². The quantitative estimate of drug-likeness (QED) is 0.324. The summed E-state index contributed by atoms with van der Waals surface area (Å²) < 4.78 is 0. The van der Waals surface area contributed by atoms with Gasteiger partial charge in [0.15, 0.2) is 5.78 Å². The number of carboxylic acids is 1. The zero-order valence-electron chi connectivity index (χ0n) is 22.0. The molecule has 11 heteroatoms. The summed E-state index contributed by atoms with van der Waals surface area (Å²) in [7, 11) is 0. The first-order valence-corrected chi connectivity index (χ1v) is 14.8. The van der Waals surface area contributed by atoms with Gasteiger partial charge in [0.1, 0.15) is 16.5 Å². The summed E-state index contributed by atoms with van der Waals surface area (Å²) in [5.41, 5.74) is 2.78. The minimum Gasteiger partial charge on any atom is -0.481 e. The molecule has 2 saturated heterocycles. The number of aliphatic carboxylic acids is 1. The second-order valence-electron chi connectivity index (χ2n) is 10.4. The second kappa shape index (κ2) is 11.9. The maximum absolute atomic E-state index is 13.2. The summed E-state index contributed by atoms with van der Waals surface area (Å²) >= 11 is 14.5. The van der Waals surface area contributed by atoms with E-state index in [1.165, 1.54) is 19.0 Å². The molecule has 4 heterocycles. The molecule has 1 N–H and O–H groups in total. The van der Waals surface area contributed by atoms with Crippen LogP contribution in [0.25, 0.3) is 11.3 Å². The molecule has 0 amide bonds. The van der Waals surface area contributed by atoms with Gasteiger partial charge in [0.2, 0.25) is 0 Å². The van der Waals surface area contributed by atoms with Crippen molar-refractivity contribution in [3.63, 3.8) is 0 Å². The smallest absolute Gasteiger partial charge is 0.306 e. The Morgan fingerprint density at radius 3 is 2.38 bits per heavy atom. The SMILES string of the molecule is Cc1c(Cl)cc(-c2nc(CC(=O)c3cnc(N4CCC(C(=O)O)CC4)cn3)sc2CN2CCC[C@H]2C)cc1Cl.